The fourth-order valence-corrected chi connectivity index (χ4v) is 3.43. The zero-order valence-electron chi connectivity index (χ0n) is 10.6. The maximum Gasteiger partial charge on any atom is 0.254 e. The van der Waals surface area contributed by atoms with Crippen molar-refractivity contribution in [3.8, 4) is 0 Å². The average Bonchev–Trinajstić information content (AvgIpc) is 2.76. The lowest BCUT2D eigenvalue weighted by molar-refractivity contribution is 0.0936. The molecule has 0 radical (unpaired) electrons. The zero-order valence-corrected chi connectivity index (χ0v) is 13.7. The summed E-state index contributed by atoms with van der Waals surface area (Å²) in [6.07, 6.45) is 0.767. The second kappa shape index (κ2) is 6.81. The summed E-state index contributed by atoms with van der Waals surface area (Å²) in [5.41, 5.74) is 1.41. The minimum atomic E-state index is -0.222. The summed E-state index contributed by atoms with van der Waals surface area (Å²) in [5, 5.41) is 3.62. The molecule has 0 saturated carbocycles. The Kier molecular flexibility index (Phi) is 5.33. The fourth-order valence-electron chi connectivity index (χ4n) is 1.85. The van der Waals surface area contributed by atoms with Crippen LogP contribution < -0.4 is 5.32 Å². The molecule has 6 heteroatoms. The van der Waals surface area contributed by atoms with Crippen LogP contribution in [0.25, 0.3) is 0 Å². The number of hydrogen-bond acceptors (Lipinski definition) is 2. The molecular formula is C14H12Cl3NOS. The lowest BCUT2D eigenvalue weighted by Gasteiger charge is -2.17. The molecule has 2 rings (SSSR count). The van der Waals surface area contributed by atoms with E-state index in [2.05, 4.69) is 5.32 Å². The molecule has 106 valence electrons. The van der Waals surface area contributed by atoms with Crippen LogP contribution in [0.1, 0.15) is 35.3 Å². The molecule has 0 bridgehead atoms. The van der Waals surface area contributed by atoms with Crippen LogP contribution in [0.5, 0.6) is 0 Å². The number of nitrogens with one attached hydrogen (secondary N) is 1. The minimum absolute atomic E-state index is 0.0884. The maximum atomic E-state index is 12.2. The Morgan fingerprint density at radius 3 is 2.40 bits per heavy atom. The topological polar surface area (TPSA) is 29.1 Å². The monoisotopic (exact) mass is 347 g/mol. The Hall–Kier alpha value is -0.740. The molecule has 1 aromatic heterocycles. The number of carbonyl (C=O) groups excluding carboxylic acids is 1. The number of carbonyl (C=O) groups is 1. The Bertz CT molecular complexity index is 609. The third-order valence-electron chi connectivity index (χ3n) is 2.89. The van der Waals surface area contributed by atoms with E-state index in [1.807, 2.05) is 19.1 Å². The molecular weight excluding hydrogens is 337 g/mol. The van der Waals surface area contributed by atoms with Crippen LogP contribution in [0, 0.1) is 0 Å². The SMILES string of the molecule is CCC(NC(=O)c1cc(Cl)sc1Cl)c1ccc(Cl)cc1. The summed E-state index contributed by atoms with van der Waals surface area (Å²) in [6, 6.07) is 8.91. The normalized spacial score (nSPS) is 12.2. The number of amides is 1. The summed E-state index contributed by atoms with van der Waals surface area (Å²) in [4.78, 5) is 12.2. The molecule has 1 N–H and O–H groups in total. The van der Waals surface area contributed by atoms with Crippen LogP contribution in [0.15, 0.2) is 30.3 Å². The highest BCUT2D eigenvalue weighted by Crippen LogP contribution is 2.31. The van der Waals surface area contributed by atoms with Crippen LogP contribution in [0.2, 0.25) is 13.7 Å². The first-order chi connectivity index (χ1) is 9.51. The van der Waals surface area contributed by atoms with Crippen molar-refractivity contribution in [1.82, 2.24) is 5.32 Å². The van der Waals surface area contributed by atoms with E-state index in [4.69, 9.17) is 34.8 Å². The first-order valence-electron chi connectivity index (χ1n) is 6.02. The first-order valence-corrected chi connectivity index (χ1v) is 7.97. The molecule has 20 heavy (non-hydrogen) atoms. The predicted molar refractivity (Wildman–Crippen MR) is 86.3 cm³/mol. The Morgan fingerprint density at radius 2 is 1.90 bits per heavy atom. The third kappa shape index (κ3) is 3.67. The molecule has 2 aromatic rings. The second-order valence-corrected chi connectivity index (χ2v) is 6.95. The first kappa shape index (κ1) is 15.6. The van der Waals surface area contributed by atoms with Crippen molar-refractivity contribution in [3.05, 3.63) is 55.2 Å². The van der Waals surface area contributed by atoms with Gasteiger partial charge in [0.05, 0.1) is 15.9 Å². The third-order valence-corrected chi connectivity index (χ3v) is 4.63. The van der Waals surface area contributed by atoms with Gasteiger partial charge in [-0.15, -0.1) is 11.3 Å². The molecule has 0 aliphatic carbocycles. The van der Waals surface area contributed by atoms with E-state index >= 15 is 0 Å². The minimum Gasteiger partial charge on any atom is -0.345 e. The highest BCUT2D eigenvalue weighted by Gasteiger charge is 2.18. The number of rotatable bonds is 4. The van der Waals surface area contributed by atoms with E-state index in [-0.39, 0.29) is 11.9 Å². The maximum absolute atomic E-state index is 12.2. The van der Waals surface area contributed by atoms with Gasteiger partial charge in [-0.1, -0.05) is 53.9 Å². The van der Waals surface area contributed by atoms with Crippen molar-refractivity contribution in [2.45, 2.75) is 19.4 Å². The lowest BCUT2D eigenvalue weighted by Crippen LogP contribution is -2.28. The van der Waals surface area contributed by atoms with Gasteiger partial charge in [0.1, 0.15) is 4.34 Å². The Morgan fingerprint density at radius 1 is 1.25 bits per heavy atom. The Labute approximate surface area is 136 Å². The van der Waals surface area contributed by atoms with Gasteiger partial charge in [-0.3, -0.25) is 4.79 Å². The van der Waals surface area contributed by atoms with E-state index in [0.717, 1.165) is 12.0 Å². The highest BCUT2D eigenvalue weighted by molar-refractivity contribution is 7.20. The molecule has 0 aliphatic rings. The van der Waals surface area contributed by atoms with Gasteiger partial charge >= 0.3 is 0 Å². The van der Waals surface area contributed by atoms with Gasteiger partial charge in [0.2, 0.25) is 0 Å². The van der Waals surface area contributed by atoms with Crippen molar-refractivity contribution in [2.24, 2.45) is 0 Å². The van der Waals surface area contributed by atoms with Gasteiger partial charge in [0.25, 0.3) is 5.91 Å². The van der Waals surface area contributed by atoms with Gasteiger partial charge in [-0.05, 0) is 30.2 Å². The molecule has 1 atom stereocenters. The van der Waals surface area contributed by atoms with Gasteiger partial charge in [-0.25, -0.2) is 0 Å². The Balaban J connectivity index is 2.16. The molecule has 1 unspecified atom stereocenters. The molecule has 0 aliphatic heterocycles. The molecule has 2 nitrogen and oxygen atoms in total. The van der Waals surface area contributed by atoms with Crippen LogP contribution in [-0.2, 0) is 0 Å². The zero-order chi connectivity index (χ0) is 14.7. The van der Waals surface area contributed by atoms with Gasteiger partial charge in [0.15, 0.2) is 0 Å². The highest BCUT2D eigenvalue weighted by atomic mass is 35.5. The smallest absolute Gasteiger partial charge is 0.254 e. The lowest BCUT2D eigenvalue weighted by atomic mass is 10.0. The standard InChI is InChI=1S/C14H12Cl3NOS/c1-2-11(8-3-5-9(15)6-4-8)18-14(19)10-7-12(16)20-13(10)17/h3-7,11H,2H2,1H3,(H,18,19). The van der Waals surface area contributed by atoms with Crippen molar-refractivity contribution in [3.63, 3.8) is 0 Å². The summed E-state index contributed by atoms with van der Waals surface area (Å²) in [7, 11) is 0. The molecule has 1 heterocycles. The molecule has 0 spiro atoms. The molecule has 0 saturated heterocycles. The van der Waals surface area contributed by atoms with E-state index in [1.54, 1.807) is 18.2 Å². The molecule has 1 amide bonds. The summed E-state index contributed by atoms with van der Waals surface area (Å²) in [5.74, 6) is -0.222. The molecule has 0 fully saturated rings. The second-order valence-electron chi connectivity index (χ2n) is 4.22. The van der Waals surface area contributed by atoms with Crippen molar-refractivity contribution in [2.75, 3.05) is 0 Å². The van der Waals surface area contributed by atoms with Crippen LogP contribution in [-0.4, -0.2) is 5.91 Å². The van der Waals surface area contributed by atoms with Crippen molar-refractivity contribution in [1.29, 1.82) is 0 Å². The van der Waals surface area contributed by atoms with Gasteiger partial charge in [-0.2, -0.15) is 0 Å². The quantitative estimate of drug-likeness (QED) is 0.766. The van der Waals surface area contributed by atoms with Crippen LogP contribution in [0.3, 0.4) is 0 Å². The van der Waals surface area contributed by atoms with E-state index < -0.39 is 0 Å². The van der Waals surface area contributed by atoms with Gasteiger partial charge in [0, 0.05) is 5.02 Å². The van der Waals surface area contributed by atoms with Gasteiger partial charge < -0.3 is 5.32 Å². The van der Waals surface area contributed by atoms with E-state index in [1.165, 1.54) is 11.3 Å². The summed E-state index contributed by atoms with van der Waals surface area (Å²) < 4.78 is 0.901. The van der Waals surface area contributed by atoms with Crippen LogP contribution >= 0.6 is 46.1 Å². The van der Waals surface area contributed by atoms with Crippen molar-refractivity contribution >= 4 is 52.0 Å². The fraction of sp³-hybridized carbons (Fsp3) is 0.214. The largest absolute Gasteiger partial charge is 0.345 e. The van der Waals surface area contributed by atoms with E-state index in [9.17, 15) is 4.79 Å². The van der Waals surface area contributed by atoms with Crippen molar-refractivity contribution < 1.29 is 4.79 Å². The number of benzene rings is 1. The summed E-state index contributed by atoms with van der Waals surface area (Å²) in [6.45, 7) is 2.00. The predicted octanol–water partition coefficient (Wildman–Crippen LogP) is 5.59. The molecule has 1 aromatic carbocycles. The average molecular weight is 349 g/mol. The number of halogens is 3. The summed E-state index contributed by atoms with van der Waals surface area (Å²) >= 11 is 18.9. The number of thiophene rings is 1. The number of hydrogen-bond donors (Lipinski definition) is 1. The van der Waals surface area contributed by atoms with Crippen LogP contribution in [0.4, 0.5) is 0 Å². The van der Waals surface area contributed by atoms with E-state index in [0.29, 0.717) is 19.3 Å².